The lowest BCUT2D eigenvalue weighted by Crippen LogP contribution is -2.08. The van der Waals surface area contributed by atoms with Crippen LogP contribution in [0.1, 0.15) is 39.3 Å². The van der Waals surface area contributed by atoms with E-state index in [1.54, 1.807) is 37.4 Å². The molecule has 3 aromatic rings. The number of benzene rings is 2. The van der Waals surface area contributed by atoms with E-state index in [2.05, 4.69) is 4.98 Å². The van der Waals surface area contributed by atoms with Crippen LogP contribution in [0.25, 0.3) is 11.3 Å². The van der Waals surface area contributed by atoms with Crippen LogP contribution in [0.2, 0.25) is 0 Å². The second kappa shape index (κ2) is 9.89. The minimum absolute atomic E-state index is 0.0553. The molecule has 0 bridgehead atoms. The van der Waals surface area contributed by atoms with Crippen molar-refractivity contribution in [3.05, 3.63) is 71.4 Å². The molecule has 0 saturated heterocycles. The Morgan fingerprint density at radius 1 is 0.774 bits per heavy atom. The molecule has 0 aliphatic rings. The van der Waals surface area contributed by atoms with Gasteiger partial charge in [0.1, 0.15) is 17.1 Å². The summed E-state index contributed by atoms with van der Waals surface area (Å²) in [5.74, 6) is 1.25. The van der Waals surface area contributed by atoms with Crippen LogP contribution in [0, 0.1) is 6.92 Å². The number of pyridine rings is 1. The van der Waals surface area contributed by atoms with Gasteiger partial charge in [0.15, 0.2) is 23.1 Å². The first-order chi connectivity index (χ1) is 15.0. The van der Waals surface area contributed by atoms with Crippen LogP contribution in [0.4, 0.5) is 0 Å². The summed E-state index contributed by atoms with van der Waals surface area (Å²) in [5.41, 5.74) is 3.32. The summed E-state index contributed by atoms with van der Waals surface area (Å²) < 4.78 is 15.9. The molecule has 0 radical (unpaired) electrons. The van der Waals surface area contributed by atoms with Crippen molar-refractivity contribution >= 4 is 11.6 Å². The number of rotatable bonds is 9. The molecule has 0 spiro atoms. The third-order valence-electron chi connectivity index (χ3n) is 4.94. The van der Waals surface area contributed by atoms with Gasteiger partial charge in [0.25, 0.3) is 0 Å². The number of carbonyl (C=O) groups is 2. The van der Waals surface area contributed by atoms with E-state index in [1.165, 1.54) is 14.2 Å². The highest BCUT2D eigenvalue weighted by Crippen LogP contribution is 2.30. The van der Waals surface area contributed by atoms with E-state index in [4.69, 9.17) is 14.2 Å². The van der Waals surface area contributed by atoms with E-state index < -0.39 is 0 Å². The Balaban J connectivity index is 1.76. The first-order valence-corrected chi connectivity index (χ1v) is 9.87. The predicted molar refractivity (Wildman–Crippen MR) is 118 cm³/mol. The summed E-state index contributed by atoms with van der Waals surface area (Å²) in [7, 11) is 4.61. The van der Waals surface area contributed by atoms with Crippen molar-refractivity contribution in [2.75, 3.05) is 21.3 Å². The Morgan fingerprint density at radius 2 is 1.45 bits per heavy atom. The first kappa shape index (κ1) is 22.0. The van der Waals surface area contributed by atoms with E-state index in [1.807, 2.05) is 31.2 Å². The number of aromatic nitrogens is 1. The van der Waals surface area contributed by atoms with Crippen LogP contribution in [0.5, 0.6) is 17.2 Å². The van der Waals surface area contributed by atoms with Gasteiger partial charge in [-0.1, -0.05) is 23.8 Å². The number of methoxy groups -OCH3 is 3. The van der Waals surface area contributed by atoms with Crippen LogP contribution < -0.4 is 14.2 Å². The van der Waals surface area contributed by atoms with Crippen LogP contribution in [-0.2, 0) is 0 Å². The Bertz CT molecular complexity index is 1110. The summed E-state index contributed by atoms with van der Waals surface area (Å²) in [5, 5.41) is 0. The monoisotopic (exact) mass is 419 g/mol. The van der Waals surface area contributed by atoms with Crippen molar-refractivity contribution in [3.63, 3.8) is 0 Å². The molecule has 31 heavy (non-hydrogen) atoms. The van der Waals surface area contributed by atoms with E-state index in [0.717, 1.165) is 11.1 Å². The number of ether oxygens (including phenoxy) is 3. The van der Waals surface area contributed by atoms with E-state index >= 15 is 0 Å². The number of hydrogen-bond acceptors (Lipinski definition) is 6. The second-order valence-corrected chi connectivity index (χ2v) is 7.03. The lowest BCUT2D eigenvalue weighted by atomic mass is 10.0. The van der Waals surface area contributed by atoms with Crippen molar-refractivity contribution < 1.29 is 23.8 Å². The van der Waals surface area contributed by atoms with Gasteiger partial charge in [-0.2, -0.15) is 0 Å². The SMILES string of the molecule is COc1ccc(C(=O)CCC(=O)c2ccc(OC)c(-c3cccc(C)c3)n2)cc1OC. The fourth-order valence-corrected chi connectivity index (χ4v) is 3.27. The van der Waals surface area contributed by atoms with Gasteiger partial charge in [-0.25, -0.2) is 4.98 Å². The molecule has 0 N–H and O–H groups in total. The van der Waals surface area contributed by atoms with Gasteiger partial charge in [0.2, 0.25) is 0 Å². The molecule has 160 valence electrons. The zero-order chi connectivity index (χ0) is 22.4. The first-order valence-electron chi connectivity index (χ1n) is 9.87. The number of hydrogen-bond donors (Lipinski definition) is 0. The van der Waals surface area contributed by atoms with Crippen LogP contribution in [-0.4, -0.2) is 37.9 Å². The summed E-state index contributed by atoms with van der Waals surface area (Å²) in [6.07, 6.45) is 0.127. The van der Waals surface area contributed by atoms with E-state index in [0.29, 0.717) is 34.2 Å². The lowest BCUT2D eigenvalue weighted by Gasteiger charge is -2.11. The summed E-state index contributed by atoms with van der Waals surface area (Å²) in [4.78, 5) is 29.9. The number of aryl methyl sites for hydroxylation is 1. The molecule has 0 amide bonds. The second-order valence-electron chi connectivity index (χ2n) is 7.03. The van der Waals surface area contributed by atoms with Crippen molar-refractivity contribution in [2.24, 2.45) is 0 Å². The molecule has 0 aliphatic heterocycles. The maximum atomic E-state index is 12.8. The molecular weight excluding hydrogens is 394 g/mol. The Kier molecular flexibility index (Phi) is 7.03. The molecule has 6 heteroatoms. The van der Waals surface area contributed by atoms with Crippen molar-refractivity contribution in [2.45, 2.75) is 19.8 Å². The summed E-state index contributed by atoms with van der Waals surface area (Å²) in [6, 6.07) is 16.1. The highest BCUT2D eigenvalue weighted by Gasteiger charge is 2.17. The average molecular weight is 419 g/mol. The minimum Gasteiger partial charge on any atom is -0.494 e. The molecule has 3 rings (SSSR count). The van der Waals surface area contributed by atoms with Gasteiger partial charge in [0.05, 0.1) is 21.3 Å². The number of Topliss-reactive ketones (excluding diaryl/α,β-unsaturated/α-hetero) is 2. The van der Waals surface area contributed by atoms with Crippen LogP contribution in [0.15, 0.2) is 54.6 Å². The highest BCUT2D eigenvalue weighted by atomic mass is 16.5. The van der Waals surface area contributed by atoms with Crippen molar-refractivity contribution in [1.82, 2.24) is 4.98 Å². The highest BCUT2D eigenvalue weighted by molar-refractivity contribution is 6.02. The molecule has 0 saturated carbocycles. The predicted octanol–water partition coefficient (Wildman–Crippen LogP) is 4.93. The molecule has 2 aromatic carbocycles. The van der Waals surface area contributed by atoms with Gasteiger partial charge >= 0.3 is 0 Å². The molecule has 0 fully saturated rings. The molecule has 0 aliphatic carbocycles. The van der Waals surface area contributed by atoms with E-state index in [9.17, 15) is 9.59 Å². The van der Waals surface area contributed by atoms with E-state index in [-0.39, 0.29) is 24.4 Å². The maximum Gasteiger partial charge on any atom is 0.181 e. The topological polar surface area (TPSA) is 74.7 Å². The van der Waals surface area contributed by atoms with Gasteiger partial charge in [-0.15, -0.1) is 0 Å². The Morgan fingerprint density at radius 3 is 2.13 bits per heavy atom. The van der Waals surface area contributed by atoms with Gasteiger partial charge in [-0.3, -0.25) is 9.59 Å². The fraction of sp³-hybridized carbons (Fsp3) is 0.240. The quantitative estimate of drug-likeness (QED) is 0.458. The molecule has 1 aromatic heterocycles. The lowest BCUT2D eigenvalue weighted by molar-refractivity contribution is 0.0915. The van der Waals surface area contributed by atoms with Crippen LogP contribution in [0.3, 0.4) is 0 Å². The van der Waals surface area contributed by atoms with Gasteiger partial charge in [0, 0.05) is 24.0 Å². The number of ketones is 2. The molecular formula is C25H25NO5. The summed E-state index contributed by atoms with van der Waals surface area (Å²) in [6.45, 7) is 1.99. The number of nitrogens with zero attached hydrogens (tertiary/aromatic N) is 1. The third-order valence-corrected chi connectivity index (χ3v) is 4.94. The Labute approximate surface area is 181 Å². The number of carbonyl (C=O) groups excluding carboxylic acids is 2. The zero-order valence-electron chi connectivity index (χ0n) is 18.1. The summed E-state index contributed by atoms with van der Waals surface area (Å²) >= 11 is 0. The van der Waals surface area contributed by atoms with Gasteiger partial charge in [-0.05, 0) is 43.3 Å². The standard InChI is InChI=1S/C25H25NO5/c1-16-6-5-7-18(14-16)25-23(30-3)13-9-19(26-25)21(28)11-10-20(27)17-8-12-22(29-2)24(15-17)31-4/h5-9,12-15H,10-11H2,1-4H3. The fourth-order valence-electron chi connectivity index (χ4n) is 3.27. The third kappa shape index (κ3) is 5.09. The smallest absolute Gasteiger partial charge is 0.181 e. The van der Waals surface area contributed by atoms with Crippen molar-refractivity contribution in [3.8, 4) is 28.5 Å². The molecule has 1 heterocycles. The molecule has 0 unspecified atom stereocenters. The van der Waals surface area contributed by atoms with Gasteiger partial charge < -0.3 is 14.2 Å². The largest absolute Gasteiger partial charge is 0.494 e. The van der Waals surface area contributed by atoms with Crippen LogP contribution >= 0.6 is 0 Å². The normalized spacial score (nSPS) is 10.5. The maximum absolute atomic E-state index is 12.8. The van der Waals surface area contributed by atoms with Crippen molar-refractivity contribution in [1.29, 1.82) is 0 Å². The minimum atomic E-state index is -0.203. The average Bonchev–Trinajstić information content (AvgIpc) is 2.81. The Hall–Kier alpha value is -3.67. The molecule has 0 atom stereocenters. The zero-order valence-corrected chi connectivity index (χ0v) is 18.1. The molecule has 6 nitrogen and oxygen atoms in total.